The molecule has 0 aromatic rings. The molecule has 4 nitrogen and oxygen atoms in total. The van der Waals surface area contributed by atoms with E-state index in [1.54, 1.807) is 0 Å². The Kier molecular flexibility index (Phi) is 2.67. The third-order valence-corrected chi connectivity index (χ3v) is 0.273. The average molecular weight is 102 g/mol. The first-order valence-corrected chi connectivity index (χ1v) is 1.54. The van der Waals surface area contributed by atoms with E-state index < -0.39 is 6.09 Å². The van der Waals surface area contributed by atoms with Crippen LogP contribution in [-0.2, 0) is 9.53 Å². The molecule has 0 aliphatic heterocycles. The average Bonchev–Trinajstić information content (AvgIpc) is 1.61. The molecule has 0 spiro atoms. The number of rotatable bonds is 2. The summed E-state index contributed by atoms with van der Waals surface area (Å²) in [7, 11) is 0. The van der Waals surface area contributed by atoms with E-state index in [-0.39, 0.29) is 6.61 Å². The Labute approximate surface area is 40.2 Å². The van der Waals surface area contributed by atoms with E-state index >= 15 is 0 Å². The molecule has 0 aliphatic carbocycles. The lowest BCUT2D eigenvalue weighted by Crippen LogP contribution is -2.13. The highest BCUT2D eigenvalue weighted by molar-refractivity contribution is 5.67. The molecule has 0 fully saturated rings. The number of carbonyl (C=O) groups excluding carboxylic acids is 2. The van der Waals surface area contributed by atoms with Gasteiger partial charge >= 0.3 is 6.09 Å². The normalized spacial score (nSPS) is 7.43. The molecule has 0 rings (SSSR count). The van der Waals surface area contributed by atoms with Crippen LogP contribution in [0.1, 0.15) is 0 Å². The second-order valence-corrected chi connectivity index (χ2v) is 0.752. The first-order valence-electron chi connectivity index (χ1n) is 1.54. The monoisotopic (exact) mass is 102 g/mol. The van der Waals surface area contributed by atoms with Gasteiger partial charge in [-0.3, -0.25) is 4.79 Å². The molecular formula is C3H4NO3. The summed E-state index contributed by atoms with van der Waals surface area (Å²) in [6, 6.07) is 0. The van der Waals surface area contributed by atoms with Crippen molar-refractivity contribution in [3.05, 3.63) is 0 Å². The lowest BCUT2D eigenvalue weighted by atomic mass is 10.8. The summed E-state index contributed by atoms with van der Waals surface area (Å²) in [5.41, 5.74) is 4.44. The second-order valence-electron chi connectivity index (χ2n) is 0.752. The number of carbonyl (C=O) groups is 1. The summed E-state index contributed by atoms with van der Waals surface area (Å²) in [5.74, 6) is 0. The van der Waals surface area contributed by atoms with E-state index in [9.17, 15) is 9.59 Å². The first kappa shape index (κ1) is 5.94. The Morgan fingerprint density at radius 1 is 1.86 bits per heavy atom. The van der Waals surface area contributed by atoms with E-state index in [1.165, 1.54) is 6.29 Å². The van der Waals surface area contributed by atoms with Crippen molar-refractivity contribution in [3.8, 4) is 0 Å². The van der Waals surface area contributed by atoms with Gasteiger partial charge in [0.15, 0.2) is 6.61 Å². The molecule has 2 N–H and O–H groups in total. The molecule has 0 saturated heterocycles. The third-order valence-electron chi connectivity index (χ3n) is 0.273. The highest BCUT2D eigenvalue weighted by atomic mass is 16.5. The summed E-state index contributed by atoms with van der Waals surface area (Å²) in [6.07, 6.45) is 0.371. The summed E-state index contributed by atoms with van der Waals surface area (Å²) < 4.78 is 3.91. The molecule has 1 amide bonds. The van der Waals surface area contributed by atoms with Crippen molar-refractivity contribution >= 4 is 12.4 Å². The van der Waals surface area contributed by atoms with Crippen LogP contribution in [0, 0.1) is 0 Å². The largest absolute Gasteiger partial charge is 0.441 e. The Hall–Kier alpha value is -1.06. The first-order chi connectivity index (χ1) is 3.27. The number of hydrogen-bond acceptors (Lipinski definition) is 3. The molecule has 0 atom stereocenters. The second kappa shape index (κ2) is 3.14. The number of nitrogens with two attached hydrogens (primary N) is 1. The van der Waals surface area contributed by atoms with Gasteiger partial charge in [-0.25, -0.2) is 4.79 Å². The Bertz CT molecular complexity index is 80.2. The zero-order valence-corrected chi connectivity index (χ0v) is 3.51. The molecule has 0 aliphatic rings. The summed E-state index contributed by atoms with van der Waals surface area (Å²) in [4.78, 5) is 18.8. The van der Waals surface area contributed by atoms with Crippen LogP contribution >= 0.6 is 0 Å². The predicted molar refractivity (Wildman–Crippen MR) is 21.2 cm³/mol. The fourth-order valence-electron chi connectivity index (χ4n) is 0.101. The minimum Gasteiger partial charge on any atom is -0.441 e. The lowest BCUT2D eigenvalue weighted by Gasteiger charge is -1.87. The standard InChI is InChI=1S/C3H4NO3/c4-3(6)7-2-1-5/h2H2,(H2,4,6). The number of ether oxygens (including phenoxy) is 1. The SMILES string of the molecule is NC(=O)OC[C]=O. The van der Waals surface area contributed by atoms with Crippen molar-refractivity contribution in [1.82, 2.24) is 0 Å². The fourth-order valence-corrected chi connectivity index (χ4v) is 0.101. The van der Waals surface area contributed by atoms with Crippen molar-refractivity contribution in [3.63, 3.8) is 0 Å². The quantitative estimate of drug-likeness (QED) is 0.495. The molecule has 0 saturated carbocycles. The van der Waals surface area contributed by atoms with Crippen LogP contribution < -0.4 is 5.73 Å². The van der Waals surface area contributed by atoms with E-state index in [2.05, 4.69) is 10.5 Å². The van der Waals surface area contributed by atoms with Gasteiger partial charge in [-0.05, 0) is 0 Å². The number of amides is 1. The van der Waals surface area contributed by atoms with Crippen molar-refractivity contribution in [2.45, 2.75) is 0 Å². The van der Waals surface area contributed by atoms with Gasteiger partial charge in [0.1, 0.15) is 0 Å². The van der Waals surface area contributed by atoms with Gasteiger partial charge in [0, 0.05) is 0 Å². The van der Waals surface area contributed by atoms with Crippen LogP contribution in [0.5, 0.6) is 0 Å². The van der Waals surface area contributed by atoms with Crippen molar-refractivity contribution < 1.29 is 14.3 Å². The lowest BCUT2D eigenvalue weighted by molar-refractivity contribution is 0.172. The number of primary amides is 1. The van der Waals surface area contributed by atoms with Crippen LogP contribution in [0.3, 0.4) is 0 Å². The summed E-state index contributed by atoms with van der Waals surface area (Å²) in [6.45, 7) is -0.380. The maximum atomic E-state index is 9.58. The van der Waals surface area contributed by atoms with Crippen molar-refractivity contribution in [2.75, 3.05) is 6.61 Å². The zero-order valence-electron chi connectivity index (χ0n) is 3.51. The minimum atomic E-state index is -0.955. The van der Waals surface area contributed by atoms with Crippen LogP contribution in [0.4, 0.5) is 4.79 Å². The van der Waals surface area contributed by atoms with Gasteiger partial charge in [0.25, 0.3) is 0 Å². The molecule has 0 heterocycles. The Morgan fingerprint density at radius 2 is 2.43 bits per heavy atom. The van der Waals surface area contributed by atoms with Crippen LogP contribution in [-0.4, -0.2) is 19.0 Å². The van der Waals surface area contributed by atoms with Crippen molar-refractivity contribution in [1.29, 1.82) is 0 Å². The van der Waals surface area contributed by atoms with Gasteiger partial charge in [-0.1, -0.05) is 0 Å². The molecule has 1 radical (unpaired) electrons. The molecule has 0 aromatic carbocycles. The van der Waals surface area contributed by atoms with Crippen molar-refractivity contribution in [2.24, 2.45) is 5.73 Å². The van der Waals surface area contributed by atoms with Gasteiger partial charge < -0.3 is 10.5 Å². The third kappa shape index (κ3) is 4.94. The van der Waals surface area contributed by atoms with E-state index in [1.807, 2.05) is 0 Å². The van der Waals surface area contributed by atoms with Gasteiger partial charge in [-0.2, -0.15) is 0 Å². The topological polar surface area (TPSA) is 69.4 Å². The molecule has 4 heteroatoms. The van der Waals surface area contributed by atoms with E-state index in [0.717, 1.165) is 0 Å². The summed E-state index contributed by atoms with van der Waals surface area (Å²) >= 11 is 0. The highest BCUT2D eigenvalue weighted by Gasteiger charge is 1.87. The molecular weight excluding hydrogens is 98.0 g/mol. The van der Waals surface area contributed by atoms with Crippen LogP contribution in [0.25, 0.3) is 0 Å². The molecule has 0 bridgehead atoms. The summed E-state index contributed by atoms with van der Waals surface area (Å²) in [5, 5.41) is 0. The zero-order chi connectivity index (χ0) is 5.70. The maximum absolute atomic E-state index is 9.58. The Morgan fingerprint density at radius 3 is 2.57 bits per heavy atom. The molecule has 0 unspecified atom stereocenters. The maximum Gasteiger partial charge on any atom is 0.404 e. The highest BCUT2D eigenvalue weighted by Crippen LogP contribution is 1.64. The molecule has 7 heavy (non-hydrogen) atoms. The molecule has 0 aromatic heterocycles. The number of hydrogen-bond donors (Lipinski definition) is 1. The minimum absolute atomic E-state index is 0.380. The predicted octanol–water partition coefficient (Wildman–Crippen LogP) is -0.809. The van der Waals surface area contributed by atoms with Crippen LogP contribution in [0.15, 0.2) is 0 Å². The van der Waals surface area contributed by atoms with E-state index in [0.29, 0.717) is 0 Å². The Balaban J connectivity index is 2.97. The van der Waals surface area contributed by atoms with Crippen LogP contribution in [0.2, 0.25) is 0 Å². The van der Waals surface area contributed by atoms with E-state index in [4.69, 9.17) is 0 Å². The van der Waals surface area contributed by atoms with Gasteiger partial charge in [-0.15, -0.1) is 0 Å². The molecule has 39 valence electrons. The van der Waals surface area contributed by atoms with Gasteiger partial charge in [0.05, 0.1) is 0 Å². The fraction of sp³-hybridized carbons (Fsp3) is 0.333. The smallest absolute Gasteiger partial charge is 0.404 e. The van der Waals surface area contributed by atoms with Gasteiger partial charge in [0.2, 0.25) is 6.29 Å².